The summed E-state index contributed by atoms with van der Waals surface area (Å²) in [6.45, 7) is 0. The van der Waals surface area contributed by atoms with E-state index in [0.29, 0.717) is 0 Å². The minimum atomic E-state index is 0.748. The van der Waals surface area contributed by atoms with Crippen LogP contribution in [0.15, 0.2) is 0 Å². The van der Waals surface area contributed by atoms with Gasteiger partial charge in [0, 0.05) is 0 Å². The van der Waals surface area contributed by atoms with Crippen LogP contribution in [0.25, 0.3) is 0 Å². The number of hydrogen-bond donors (Lipinski definition) is 0. The molecule has 2 rings (SSSR count). The minimum absolute atomic E-state index is 0.748. The Labute approximate surface area is 64.0 Å². The fourth-order valence-electron chi connectivity index (χ4n) is 2.67. The molecule has 0 nitrogen and oxygen atoms in total. The lowest BCUT2D eigenvalue weighted by Gasteiger charge is -2.32. The molecule has 0 saturated heterocycles. The molecule has 2 saturated carbocycles. The van der Waals surface area contributed by atoms with Gasteiger partial charge in [-0.05, 0) is 37.5 Å². The summed E-state index contributed by atoms with van der Waals surface area (Å²) in [5, 5.41) is 0. The SMILES string of the molecule is [CH]1CCCC12CCCCC2. The highest BCUT2D eigenvalue weighted by Gasteiger charge is 2.34. The predicted octanol–water partition coefficient (Wildman–Crippen LogP) is 3.33. The predicted molar refractivity (Wildman–Crippen MR) is 43.7 cm³/mol. The molecule has 2 fully saturated rings. The van der Waals surface area contributed by atoms with E-state index in [9.17, 15) is 0 Å². The normalized spacial score (nSPS) is 31.2. The lowest BCUT2D eigenvalue weighted by Crippen LogP contribution is -2.19. The van der Waals surface area contributed by atoms with E-state index in [0.717, 1.165) is 5.41 Å². The Balaban J connectivity index is 1.98. The zero-order chi connectivity index (χ0) is 6.86. The van der Waals surface area contributed by atoms with Gasteiger partial charge in [-0.3, -0.25) is 0 Å². The van der Waals surface area contributed by atoms with Crippen molar-refractivity contribution in [2.24, 2.45) is 5.41 Å². The Morgan fingerprint density at radius 3 is 2.10 bits per heavy atom. The molecule has 0 amide bonds. The monoisotopic (exact) mass is 137 g/mol. The maximum atomic E-state index is 2.62. The molecule has 0 bridgehead atoms. The van der Waals surface area contributed by atoms with Crippen molar-refractivity contribution in [3.63, 3.8) is 0 Å². The molecule has 0 heteroatoms. The van der Waals surface area contributed by atoms with Gasteiger partial charge in [-0.2, -0.15) is 0 Å². The van der Waals surface area contributed by atoms with Crippen molar-refractivity contribution < 1.29 is 0 Å². The summed E-state index contributed by atoms with van der Waals surface area (Å²) < 4.78 is 0. The van der Waals surface area contributed by atoms with Gasteiger partial charge < -0.3 is 0 Å². The summed E-state index contributed by atoms with van der Waals surface area (Å²) in [6, 6.07) is 0. The molecule has 1 spiro atoms. The first kappa shape index (κ1) is 6.69. The average Bonchev–Trinajstić information content (AvgIpc) is 2.39. The van der Waals surface area contributed by atoms with Gasteiger partial charge in [-0.25, -0.2) is 0 Å². The van der Waals surface area contributed by atoms with Crippen LogP contribution in [-0.2, 0) is 0 Å². The Morgan fingerprint density at radius 2 is 1.50 bits per heavy atom. The fourth-order valence-corrected chi connectivity index (χ4v) is 2.67. The third kappa shape index (κ3) is 1.09. The Bertz CT molecular complexity index is 101. The second kappa shape index (κ2) is 2.56. The van der Waals surface area contributed by atoms with E-state index >= 15 is 0 Å². The molecular weight excluding hydrogens is 120 g/mol. The van der Waals surface area contributed by atoms with Crippen molar-refractivity contribution in [1.29, 1.82) is 0 Å². The Hall–Kier alpha value is 0. The summed E-state index contributed by atoms with van der Waals surface area (Å²) in [5.74, 6) is 0. The molecule has 0 heterocycles. The highest BCUT2D eigenvalue weighted by Crippen LogP contribution is 2.47. The Morgan fingerprint density at radius 1 is 0.800 bits per heavy atom. The van der Waals surface area contributed by atoms with Gasteiger partial charge in [0.25, 0.3) is 0 Å². The Kier molecular flexibility index (Phi) is 1.71. The third-order valence-corrected chi connectivity index (χ3v) is 3.31. The summed E-state index contributed by atoms with van der Waals surface area (Å²) in [7, 11) is 0. The molecule has 0 unspecified atom stereocenters. The fraction of sp³-hybridized carbons (Fsp3) is 0.900. The first-order chi connectivity index (χ1) is 4.91. The molecule has 0 N–H and O–H groups in total. The van der Waals surface area contributed by atoms with Gasteiger partial charge >= 0.3 is 0 Å². The molecule has 0 aromatic rings. The van der Waals surface area contributed by atoms with E-state index in [1.54, 1.807) is 0 Å². The van der Waals surface area contributed by atoms with Gasteiger partial charge in [0.1, 0.15) is 0 Å². The van der Waals surface area contributed by atoms with E-state index in [1.165, 1.54) is 51.4 Å². The second-order valence-electron chi connectivity index (χ2n) is 4.02. The second-order valence-corrected chi connectivity index (χ2v) is 4.02. The molecule has 0 atom stereocenters. The van der Waals surface area contributed by atoms with Crippen molar-refractivity contribution in [1.82, 2.24) is 0 Å². The number of rotatable bonds is 0. The quantitative estimate of drug-likeness (QED) is 0.480. The van der Waals surface area contributed by atoms with Crippen LogP contribution in [0, 0.1) is 11.8 Å². The van der Waals surface area contributed by atoms with Crippen LogP contribution in [0.4, 0.5) is 0 Å². The summed E-state index contributed by atoms with van der Waals surface area (Å²) in [4.78, 5) is 0. The van der Waals surface area contributed by atoms with Crippen molar-refractivity contribution in [2.45, 2.75) is 51.4 Å². The zero-order valence-electron chi connectivity index (χ0n) is 6.73. The third-order valence-electron chi connectivity index (χ3n) is 3.31. The van der Waals surface area contributed by atoms with E-state index in [1.807, 2.05) is 0 Å². The van der Waals surface area contributed by atoms with Crippen molar-refractivity contribution in [3.8, 4) is 0 Å². The molecule has 0 aromatic carbocycles. The standard InChI is InChI=1S/C10H17/c1-2-6-10(7-3-1)8-4-5-9-10/h8H,1-7,9H2. The molecule has 0 aromatic heterocycles. The maximum absolute atomic E-state index is 2.62. The van der Waals surface area contributed by atoms with E-state index in [2.05, 4.69) is 6.42 Å². The van der Waals surface area contributed by atoms with Crippen LogP contribution in [0.3, 0.4) is 0 Å². The lowest BCUT2D eigenvalue weighted by atomic mass is 9.73. The maximum Gasteiger partial charge on any atom is -0.0266 e. The molecule has 57 valence electrons. The van der Waals surface area contributed by atoms with E-state index < -0.39 is 0 Å². The summed E-state index contributed by atoms with van der Waals surface area (Å²) in [6.07, 6.45) is 14.5. The van der Waals surface area contributed by atoms with Crippen LogP contribution in [0.2, 0.25) is 0 Å². The first-order valence-electron chi connectivity index (χ1n) is 4.76. The van der Waals surface area contributed by atoms with Crippen molar-refractivity contribution in [3.05, 3.63) is 6.42 Å². The minimum Gasteiger partial charge on any atom is -0.0533 e. The molecule has 1 radical (unpaired) electrons. The topological polar surface area (TPSA) is 0 Å². The lowest BCUT2D eigenvalue weighted by molar-refractivity contribution is 0.243. The smallest absolute Gasteiger partial charge is 0.0266 e. The van der Waals surface area contributed by atoms with Gasteiger partial charge in [0.05, 0.1) is 0 Å². The largest absolute Gasteiger partial charge is 0.0533 e. The van der Waals surface area contributed by atoms with Gasteiger partial charge in [0.2, 0.25) is 0 Å². The van der Waals surface area contributed by atoms with E-state index in [4.69, 9.17) is 0 Å². The van der Waals surface area contributed by atoms with Crippen LogP contribution >= 0.6 is 0 Å². The highest BCUT2D eigenvalue weighted by molar-refractivity contribution is 4.98. The summed E-state index contributed by atoms with van der Waals surface area (Å²) in [5.41, 5.74) is 0.748. The van der Waals surface area contributed by atoms with Gasteiger partial charge in [-0.1, -0.05) is 25.7 Å². The number of hydrogen-bond acceptors (Lipinski definition) is 0. The zero-order valence-corrected chi connectivity index (χ0v) is 6.73. The molecule has 2 aliphatic rings. The molecule has 2 aliphatic carbocycles. The van der Waals surface area contributed by atoms with Crippen LogP contribution in [0.1, 0.15) is 51.4 Å². The van der Waals surface area contributed by atoms with Crippen LogP contribution < -0.4 is 0 Å². The molecular formula is C10H17. The molecule has 0 aliphatic heterocycles. The van der Waals surface area contributed by atoms with Crippen LogP contribution in [0.5, 0.6) is 0 Å². The summed E-state index contributed by atoms with van der Waals surface area (Å²) >= 11 is 0. The van der Waals surface area contributed by atoms with Gasteiger partial charge in [0.15, 0.2) is 0 Å². The van der Waals surface area contributed by atoms with Gasteiger partial charge in [-0.15, -0.1) is 0 Å². The average molecular weight is 137 g/mol. The highest BCUT2D eigenvalue weighted by atomic mass is 14.4. The van der Waals surface area contributed by atoms with Crippen LogP contribution in [-0.4, -0.2) is 0 Å². The van der Waals surface area contributed by atoms with E-state index in [-0.39, 0.29) is 0 Å². The molecule has 10 heavy (non-hydrogen) atoms. The first-order valence-corrected chi connectivity index (χ1v) is 4.76. The van der Waals surface area contributed by atoms with Crippen molar-refractivity contribution >= 4 is 0 Å². The van der Waals surface area contributed by atoms with Crippen molar-refractivity contribution in [2.75, 3.05) is 0 Å².